The average molecular weight is 965 g/mol. The van der Waals surface area contributed by atoms with Crippen molar-refractivity contribution in [3.05, 3.63) is 102 Å². The first-order valence-electron chi connectivity index (χ1n) is 16.0. The maximum absolute atomic E-state index is 11.5. The van der Waals surface area contributed by atoms with E-state index in [0.29, 0.717) is 22.4 Å². The number of cyclic esters (lactones) is 1. The number of phosphoric ester groups is 1. The highest BCUT2D eigenvalue weighted by atomic mass is 31.2. The Morgan fingerprint density at radius 1 is 0.778 bits per heavy atom. The van der Waals surface area contributed by atoms with Crippen LogP contribution in [0.5, 0.6) is 5.75 Å². The molecule has 0 aromatic heterocycles. The summed E-state index contributed by atoms with van der Waals surface area (Å²) in [6.07, 6.45) is 4.82. The van der Waals surface area contributed by atoms with Gasteiger partial charge in [-0.3, -0.25) is 18.2 Å². The summed E-state index contributed by atoms with van der Waals surface area (Å²) in [6, 6.07) is 22.6. The zero-order valence-corrected chi connectivity index (χ0v) is 38.2. The van der Waals surface area contributed by atoms with Gasteiger partial charge in [0.15, 0.2) is 0 Å². The monoisotopic (exact) mass is 964 g/mol. The first-order valence-corrected chi connectivity index (χ1v) is 22.1. The molecule has 3 aromatic rings. The second-order valence-corrected chi connectivity index (χ2v) is 16.2. The number of fused-ring (bicyclic) bond motifs is 1. The Bertz CT molecular complexity index is 2120. The molecule has 0 aliphatic carbocycles. The quantitative estimate of drug-likeness (QED) is 0.0526. The van der Waals surface area contributed by atoms with E-state index >= 15 is 0 Å². The first kappa shape index (κ1) is 67.0. The zero-order valence-electron chi connectivity index (χ0n) is 34.6. The van der Waals surface area contributed by atoms with Crippen LogP contribution in [0.25, 0.3) is 5.76 Å². The molecule has 63 heavy (non-hydrogen) atoms. The van der Waals surface area contributed by atoms with Gasteiger partial charge >= 0.3 is 37.2 Å². The molecule has 0 bridgehead atoms. The second kappa shape index (κ2) is 40.9. The van der Waals surface area contributed by atoms with Crippen LogP contribution in [-0.2, 0) is 60.1 Å². The number of benzene rings is 3. The molecule has 1 aliphatic heterocycles. The van der Waals surface area contributed by atoms with Gasteiger partial charge in [0, 0.05) is 49.2 Å². The Morgan fingerprint density at radius 2 is 1.22 bits per heavy atom. The highest BCUT2D eigenvalue weighted by Crippen LogP contribution is 2.47. The van der Waals surface area contributed by atoms with Gasteiger partial charge in [0.05, 0.1) is 10.9 Å². The Labute approximate surface area is 369 Å². The molecule has 0 saturated heterocycles. The van der Waals surface area contributed by atoms with E-state index in [0.717, 1.165) is 11.1 Å². The SMILES string of the molecule is C.C#CC#CC#CC#CC.C=C1OC(=O)c2cc(C)ccc21.C=O.COP(=O)(OC)Oc1ccccc1.COP(=O)(OO)c1ccccc1.COP(C)(=O)OC.O=[P+]([O-])O.OOO.[HH]. The van der Waals surface area contributed by atoms with Crippen molar-refractivity contribution in [2.45, 2.75) is 21.3 Å². The molecule has 24 heteroatoms. The number of phosphoric acid groups is 1. The molecule has 0 radical (unpaired) electrons. The van der Waals surface area contributed by atoms with Gasteiger partial charge in [-0.2, -0.15) is 4.89 Å². The summed E-state index contributed by atoms with van der Waals surface area (Å²) >= 11 is 0. The normalized spacial score (nSPS) is 10.9. The largest absolute Gasteiger partial charge is 0.567 e. The van der Waals surface area contributed by atoms with Crippen molar-refractivity contribution in [1.29, 1.82) is 0 Å². The lowest BCUT2D eigenvalue weighted by Crippen LogP contribution is -2.06. The molecule has 3 aromatic carbocycles. The number of carbonyl (C=O) groups is 2. The molecule has 2 atom stereocenters. The van der Waals surface area contributed by atoms with E-state index in [1.165, 1.54) is 42.2 Å². The highest BCUT2D eigenvalue weighted by molar-refractivity contribution is 7.62. The van der Waals surface area contributed by atoms with Crippen molar-refractivity contribution >= 4 is 55.1 Å². The van der Waals surface area contributed by atoms with Crippen molar-refractivity contribution in [2.75, 3.05) is 42.2 Å². The first-order chi connectivity index (χ1) is 29.3. The third kappa shape index (κ3) is 34.1. The van der Waals surface area contributed by atoms with Crippen LogP contribution < -0.4 is 14.7 Å². The predicted octanol–water partition coefficient (Wildman–Crippen LogP) is 7.64. The van der Waals surface area contributed by atoms with Crippen molar-refractivity contribution in [3.63, 3.8) is 0 Å². The molecule has 0 amide bonds. The maximum atomic E-state index is 11.5. The Hall–Kier alpha value is -5.11. The van der Waals surface area contributed by atoms with E-state index in [4.69, 9.17) is 50.6 Å². The van der Waals surface area contributed by atoms with Crippen molar-refractivity contribution in [1.82, 2.24) is 0 Å². The van der Waals surface area contributed by atoms with Crippen molar-refractivity contribution in [2.24, 2.45) is 0 Å². The van der Waals surface area contributed by atoms with Gasteiger partial charge in [0.2, 0.25) is 0 Å². The summed E-state index contributed by atoms with van der Waals surface area (Å²) in [5.41, 5.74) is 2.49. The molecule has 2 unspecified atom stereocenters. The summed E-state index contributed by atoms with van der Waals surface area (Å²) in [6.45, 7) is 10.7. The lowest BCUT2D eigenvalue weighted by Gasteiger charge is -2.13. The minimum absolute atomic E-state index is 0. The van der Waals surface area contributed by atoms with E-state index in [1.54, 1.807) is 61.5 Å². The highest BCUT2D eigenvalue weighted by Gasteiger charge is 2.26. The second-order valence-electron chi connectivity index (χ2n) is 9.65. The molecule has 1 heterocycles. The predicted molar refractivity (Wildman–Crippen MR) is 236 cm³/mol. The smallest absolute Gasteiger partial charge is 0.529 e. The summed E-state index contributed by atoms with van der Waals surface area (Å²) in [4.78, 5) is 34.7. The molecule has 20 nitrogen and oxygen atoms in total. The summed E-state index contributed by atoms with van der Waals surface area (Å²) in [5.74, 6) is 17.6. The number of ether oxygens (including phenoxy) is 1. The van der Waals surface area contributed by atoms with E-state index < -0.39 is 31.3 Å². The van der Waals surface area contributed by atoms with Gasteiger partial charge in [-0.25, -0.2) is 25.1 Å². The number of rotatable bonds is 9. The van der Waals surface area contributed by atoms with Gasteiger partial charge in [-0.1, -0.05) is 79.1 Å². The molecule has 348 valence electrons. The van der Waals surface area contributed by atoms with Crippen LogP contribution in [0.1, 0.15) is 37.3 Å². The Kier molecular flexibility index (Phi) is 43.5. The van der Waals surface area contributed by atoms with Gasteiger partial charge in [-0.05, 0) is 84.3 Å². The number of aryl methyl sites for hydroxylation is 1. The maximum Gasteiger partial charge on any atom is 0.529 e. The number of para-hydroxylation sites is 1. The van der Waals surface area contributed by atoms with Crippen LogP contribution in [0.3, 0.4) is 0 Å². The number of terminal acetylenes is 1. The standard InChI is InChI=1S/C10H8O2.C9H4.C8H11O4P.C7H9O4P.C3H9O3P.CH2O.CH4.HO3P.H2O3.H2/c1-6-3-4-8-7(2)12-10(11)9(8)5-6;1-3-5-7-9-8-6-4-2;1-10-13(9,11-2)12-8-6-4-3-5-7-8;1-10-12(9,11-8)7-5-3-2-4-6-7;1-5-7(3,4)6-2;1-2;;1-4(2)3;1-3-2;/h3-5H,2H2,1H3;1H,2H3;3-7H,1-2H3;2-6,8H,1H3;1-3H3;1H2;1H4;(H,1,2,3);1-2H;1H. The van der Waals surface area contributed by atoms with Crippen LogP contribution >= 0.6 is 31.3 Å². The van der Waals surface area contributed by atoms with E-state index in [2.05, 4.69) is 80.4 Å². The lowest BCUT2D eigenvalue weighted by atomic mass is 10.1. The van der Waals surface area contributed by atoms with Crippen molar-refractivity contribution < 1.29 is 96.4 Å². The van der Waals surface area contributed by atoms with Gasteiger partial charge in [-0.15, -0.1) is 11.1 Å². The van der Waals surface area contributed by atoms with Crippen LogP contribution in [0.15, 0.2) is 85.4 Å². The van der Waals surface area contributed by atoms with E-state index in [1.807, 2.05) is 38.0 Å². The summed E-state index contributed by atoms with van der Waals surface area (Å²) < 4.78 is 78.3. The van der Waals surface area contributed by atoms with E-state index in [-0.39, 0.29) is 14.8 Å². The molecule has 0 spiro atoms. The van der Waals surface area contributed by atoms with Crippen LogP contribution in [0.2, 0.25) is 0 Å². The summed E-state index contributed by atoms with van der Waals surface area (Å²) in [5, 5.41) is 24.2. The molecular weight excluding hydrogens is 912 g/mol. The molecule has 1 aliphatic rings. The molecule has 4 N–H and O–H groups in total. The topological polar surface area (TPSA) is 289 Å². The van der Waals surface area contributed by atoms with Crippen LogP contribution in [0.4, 0.5) is 0 Å². The number of esters is 1. The fourth-order valence-corrected chi connectivity index (χ4v) is 4.85. The van der Waals surface area contributed by atoms with E-state index in [9.17, 15) is 18.5 Å². The molecule has 0 saturated carbocycles. The van der Waals surface area contributed by atoms with Crippen LogP contribution in [0, 0.1) is 54.8 Å². The fraction of sp³-hybridized carbons (Fsp3) is 0.231. The zero-order chi connectivity index (χ0) is 48.6. The third-order valence-electron chi connectivity index (χ3n) is 5.85. The number of hydrogen-bond donors (Lipinski definition) is 4. The van der Waals surface area contributed by atoms with Crippen molar-refractivity contribution in [3.8, 4) is 53.6 Å². The van der Waals surface area contributed by atoms with Gasteiger partial charge in [0.1, 0.15) is 18.3 Å². The number of hydrogen-bond acceptors (Lipinski definition) is 19. The van der Waals surface area contributed by atoms with Crippen LogP contribution in [-0.4, -0.2) is 75.6 Å². The Balaban J connectivity index is -0.000000157. The molecular formula is C39H52O20P4. The minimum Gasteiger partial charge on any atom is -0.567 e. The minimum atomic E-state index is -3.48. The van der Waals surface area contributed by atoms with Gasteiger partial charge in [0.25, 0.3) is 0 Å². The van der Waals surface area contributed by atoms with Gasteiger partial charge < -0.3 is 32.5 Å². The summed E-state index contributed by atoms with van der Waals surface area (Å²) in [7, 11) is -6.20. The average Bonchev–Trinajstić information content (AvgIpc) is 3.56. The lowest BCUT2D eigenvalue weighted by molar-refractivity contribution is -0.465. The molecule has 4 rings (SSSR count). The fourth-order valence-electron chi connectivity index (χ4n) is 3.11. The third-order valence-corrected chi connectivity index (χ3v) is 10.1. The number of carbonyl (C=O) groups excluding carboxylic acids is 2. The Morgan fingerprint density at radius 3 is 1.60 bits per heavy atom. The molecule has 0 fully saturated rings.